The lowest BCUT2D eigenvalue weighted by atomic mass is 10.2. The Labute approximate surface area is 157 Å². The van der Waals surface area contributed by atoms with Crippen molar-refractivity contribution < 1.29 is 0 Å². The van der Waals surface area contributed by atoms with Crippen molar-refractivity contribution in [1.82, 2.24) is 24.8 Å². The monoisotopic (exact) mass is 360 g/mol. The Morgan fingerprint density at radius 1 is 1.04 bits per heavy atom. The van der Waals surface area contributed by atoms with E-state index in [4.69, 9.17) is 0 Å². The Morgan fingerprint density at radius 3 is 2.52 bits per heavy atom. The Morgan fingerprint density at radius 2 is 1.85 bits per heavy atom. The summed E-state index contributed by atoms with van der Waals surface area (Å²) in [6, 6.07) is 7.73. The van der Waals surface area contributed by atoms with Crippen LogP contribution in [0.3, 0.4) is 0 Å². The molecule has 136 valence electrons. The maximum absolute atomic E-state index is 4.66. The summed E-state index contributed by atoms with van der Waals surface area (Å²) in [4.78, 5) is 15.5. The van der Waals surface area contributed by atoms with Gasteiger partial charge in [-0.25, -0.2) is 9.98 Å². The van der Waals surface area contributed by atoms with E-state index in [0.717, 1.165) is 30.1 Å². The van der Waals surface area contributed by atoms with Gasteiger partial charge in [0.2, 0.25) is 5.82 Å². The normalized spacial score (nSPS) is 14.3. The highest BCUT2D eigenvalue weighted by Gasteiger charge is 2.26. The number of anilines is 1. The van der Waals surface area contributed by atoms with Crippen LogP contribution in [0.25, 0.3) is 11.4 Å². The molecule has 3 aromatic heterocycles. The number of pyridine rings is 2. The van der Waals surface area contributed by atoms with Crippen LogP contribution in [-0.2, 0) is 0 Å². The molecular formula is C19H20N8. The van der Waals surface area contributed by atoms with Crippen LogP contribution in [0.15, 0.2) is 52.9 Å². The van der Waals surface area contributed by atoms with Crippen molar-refractivity contribution in [3.63, 3.8) is 0 Å². The lowest BCUT2D eigenvalue weighted by molar-refractivity contribution is 0.862. The van der Waals surface area contributed by atoms with Gasteiger partial charge in [-0.1, -0.05) is 0 Å². The van der Waals surface area contributed by atoms with Crippen LogP contribution < -0.4 is 4.90 Å². The summed E-state index contributed by atoms with van der Waals surface area (Å²) in [6.07, 6.45) is 5.31. The van der Waals surface area contributed by atoms with Gasteiger partial charge in [-0.3, -0.25) is 4.98 Å². The molecule has 0 bridgehead atoms. The van der Waals surface area contributed by atoms with Crippen molar-refractivity contribution in [3.8, 4) is 11.4 Å². The highest BCUT2D eigenvalue weighted by molar-refractivity contribution is 6.48. The van der Waals surface area contributed by atoms with Gasteiger partial charge in [0.05, 0.1) is 17.6 Å². The lowest BCUT2D eigenvalue weighted by Crippen LogP contribution is -2.21. The van der Waals surface area contributed by atoms with Gasteiger partial charge in [-0.05, 0) is 45.0 Å². The molecule has 0 saturated carbocycles. The van der Waals surface area contributed by atoms with Crippen molar-refractivity contribution >= 4 is 22.9 Å². The molecule has 0 saturated heterocycles. The second-order valence-electron chi connectivity index (χ2n) is 6.09. The molecule has 0 aromatic carbocycles. The highest BCUT2D eigenvalue weighted by Crippen LogP contribution is 2.23. The quantitative estimate of drug-likeness (QED) is 0.698. The summed E-state index contributed by atoms with van der Waals surface area (Å²) in [6.45, 7) is 8.05. The molecule has 4 rings (SSSR count). The van der Waals surface area contributed by atoms with Crippen LogP contribution in [0, 0.1) is 0 Å². The van der Waals surface area contributed by atoms with Crippen molar-refractivity contribution in [1.29, 1.82) is 0 Å². The fraction of sp³-hybridized carbons (Fsp3) is 0.263. The molecule has 3 aromatic rings. The Hall–Kier alpha value is -3.42. The van der Waals surface area contributed by atoms with Gasteiger partial charge in [-0.15, -0.1) is 10.2 Å². The van der Waals surface area contributed by atoms with Crippen LogP contribution in [0.1, 0.15) is 26.6 Å². The summed E-state index contributed by atoms with van der Waals surface area (Å²) in [5, 5.41) is 13.1. The third-order valence-corrected chi connectivity index (χ3v) is 4.45. The van der Waals surface area contributed by atoms with Crippen molar-refractivity contribution in [2.75, 3.05) is 18.0 Å². The number of hydrogen-bond donors (Lipinski definition) is 0. The fourth-order valence-electron chi connectivity index (χ4n) is 3.02. The van der Waals surface area contributed by atoms with E-state index in [9.17, 15) is 0 Å². The third-order valence-electron chi connectivity index (χ3n) is 4.45. The van der Waals surface area contributed by atoms with Crippen LogP contribution in [0.5, 0.6) is 0 Å². The number of fused-ring (bicyclic) bond motifs is 1. The van der Waals surface area contributed by atoms with Crippen molar-refractivity contribution in [3.05, 3.63) is 48.7 Å². The molecule has 4 heterocycles. The molecule has 0 aliphatic carbocycles. The van der Waals surface area contributed by atoms with E-state index in [0.29, 0.717) is 23.2 Å². The van der Waals surface area contributed by atoms with E-state index in [2.05, 4.69) is 49.0 Å². The number of aromatic nitrogens is 5. The van der Waals surface area contributed by atoms with E-state index >= 15 is 0 Å². The standard InChI is InChI=1S/C19H20N8/c1-4-26(5-2)15-8-9-16(21-12-15)22-17-13(3)25-27-18(23-24-19(17)27)14-7-6-10-20-11-14/h6-12H,4-5H2,1-3H3/b22-17-. The van der Waals surface area contributed by atoms with Crippen LogP contribution >= 0.6 is 0 Å². The maximum Gasteiger partial charge on any atom is 0.205 e. The van der Waals surface area contributed by atoms with E-state index in [1.165, 1.54) is 0 Å². The van der Waals surface area contributed by atoms with Crippen molar-refractivity contribution in [2.24, 2.45) is 10.1 Å². The minimum Gasteiger partial charge on any atom is -0.371 e. The molecule has 0 amide bonds. The van der Waals surface area contributed by atoms with Crippen LogP contribution in [0.2, 0.25) is 0 Å². The molecule has 8 nitrogen and oxygen atoms in total. The summed E-state index contributed by atoms with van der Waals surface area (Å²) >= 11 is 0. The number of aliphatic imine (C=N–C) groups is 1. The first kappa shape index (κ1) is 17.0. The molecule has 8 heteroatoms. The SMILES string of the molecule is CCN(CC)c1ccc(/N=C2/C(C)=Nn3c2nnc3-c2cccnc2)nc1. The molecule has 0 unspecified atom stereocenters. The van der Waals surface area contributed by atoms with E-state index in [-0.39, 0.29) is 0 Å². The highest BCUT2D eigenvalue weighted by atomic mass is 15.5. The van der Waals surface area contributed by atoms with Gasteiger partial charge in [0.1, 0.15) is 5.71 Å². The lowest BCUT2D eigenvalue weighted by Gasteiger charge is -2.20. The number of rotatable bonds is 5. The van der Waals surface area contributed by atoms with Gasteiger partial charge >= 0.3 is 0 Å². The zero-order valence-electron chi connectivity index (χ0n) is 15.5. The predicted molar refractivity (Wildman–Crippen MR) is 106 cm³/mol. The Balaban J connectivity index is 1.67. The number of nitrogens with zero attached hydrogens (tertiary/aromatic N) is 8. The summed E-state index contributed by atoms with van der Waals surface area (Å²) in [7, 11) is 0. The minimum atomic E-state index is 0.612. The van der Waals surface area contributed by atoms with Crippen molar-refractivity contribution in [2.45, 2.75) is 20.8 Å². The zero-order valence-corrected chi connectivity index (χ0v) is 15.5. The first-order valence-corrected chi connectivity index (χ1v) is 8.93. The number of hydrogen-bond acceptors (Lipinski definition) is 7. The molecule has 1 aliphatic heterocycles. The van der Waals surface area contributed by atoms with Gasteiger partial charge in [0.25, 0.3) is 0 Å². The topological polar surface area (TPSA) is 84.5 Å². The Bertz CT molecular complexity index is 998. The van der Waals surface area contributed by atoms with Gasteiger partial charge in [0, 0.05) is 31.0 Å². The summed E-state index contributed by atoms with van der Waals surface area (Å²) in [5.41, 5.74) is 3.40. The first-order chi connectivity index (χ1) is 13.2. The maximum atomic E-state index is 4.66. The summed E-state index contributed by atoms with van der Waals surface area (Å²) < 4.78 is 1.70. The first-order valence-electron chi connectivity index (χ1n) is 8.93. The predicted octanol–water partition coefficient (Wildman–Crippen LogP) is 2.94. The van der Waals surface area contributed by atoms with E-state index in [1.54, 1.807) is 17.1 Å². The average molecular weight is 360 g/mol. The van der Waals surface area contributed by atoms with Crippen LogP contribution in [0.4, 0.5) is 11.5 Å². The second kappa shape index (κ2) is 7.06. The third kappa shape index (κ3) is 3.10. The van der Waals surface area contributed by atoms with Gasteiger partial charge in [0.15, 0.2) is 11.6 Å². The molecule has 0 N–H and O–H groups in total. The van der Waals surface area contributed by atoms with Gasteiger partial charge < -0.3 is 4.90 Å². The van der Waals surface area contributed by atoms with Gasteiger partial charge in [-0.2, -0.15) is 9.78 Å². The molecule has 27 heavy (non-hydrogen) atoms. The van der Waals surface area contributed by atoms with E-state index < -0.39 is 0 Å². The zero-order chi connectivity index (χ0) is 18.8. The average Bonchev–Trinajstić information content (AvgIpc) is 3.24. The molecule has 0 fully saturated rings. The van der Waals surface area contributed by atoms with E-state index in [1.807, 2.05) is 37.4 Å². The molecule has 0 spiro atoms. The molecule has 0 atom stereocenters. The smallest absolute Gasteiger partial charge is 0.205 e. The minimum absolute atomic E-state index is 0.612. The largest absolute Gasteiger partial charge is 0.371 e. The van der Waals surface area contributed by atoms with Crippen LogP contribution in [-0.4, -0.2) is 49.4 Å². The Kier molecular flexibility index (Phi) is 4.45. The summed E-state index contributed by atoms with van der Waals surface area (Å²) in [5.74, 6) is 1.88. The fourth-order valence-corrected chi connectivity index (χ4v) is 3.02. The second-order valence-corrected chi connectivity index (χ2v) is 6.09. The molecule has 0 radical (unpaired) electrons. The molecular weight excluding hydrogens is 340 g/mol. The molecule has 1 aliphatic rings.